The van der Waals surface area contributed by atoms with E-state index in [9.17, 15) is 28.8 Å². The molecule has 3 aromatic heterocycles. The summed E-state index contributed by atoms with van der Waals surface area (Å²) in [5.74, 6) is -1.56. The molecule has 0 spiro atoms. The zero-order valence-corrected chi connectivity index (χ0v) is 15.9. The van der Waals surface area contributed by atoms with Gasteiger partial charge in [-0.25, -0.2) is 19.6 Å². The minimum absolute atomic E-state index is 0.0588. The number of aromatic nitrogens is 6. The van der Waals surface area contributed by atoms with Gasteiger partial charge in [-0.15, -0.1) is 0 Å². The molecule has 0 atom stereocenters. The highest BCUT2D eigenvalue weighted by Crippen LogP contribution is 2.09. The largest absolute Gasteiger partial charge is 0.465 e. The van der Waals surface area contributed by atoms with E-state index in [1.54, 1.807) is 13.8 Å². The number of nitrogens with one attached hydrogen (secondary N) is 2. The lowest BCUT2D eigenvalue weighted by Crippen LogP contribution is -2.36. The van der Waals surface area contributed by atoms with Crippen LogP contribution in [0.15, 0.2) is 19.2 Å². The fraction of sp³-hybridized carbons (Fsp3) is 0.375. The van der Waals surface area contributed by atoms with Gasteiger partial charge in [-0.2, -0.15) is 0 Å². The Morgan fingerprint density at radius 1 is 0.767 bits per heavy atom. The molecule has 158 valence electrons. The van der Waals surface area contributed by atoms with Crippen LogP contribution in [0.4, 0.5) is 0 Å². The molecule has 0 saturated heterocycles. The quantitative estimate of drug-likeness (QED) is 0.321. The van der Waals surface area contributed by atoms with Crippen molar-refractivity contribution in [3.63, 3.8) is 0 Å². The van der Waals surface area contributed by atoms with E-state index in [2.05, 4.69) is 9.97 Å². The van der Waals surface area contributed by atoms with Crippen molar-refractivity contribution in [3.8, 4) is 0 Å². The van der Waals surface area contributed by atoms with E-state index >= 15 is 0 Å². The lowest BCUT2D eigenvalue weighted by molar-refractivity contribution is -0.144. The molecule has 3 heterocycles. The molecule has 3 aromatic rings. The van der Waals surface area contributed by atoms with Crippen LogP contribution < -0.4 is 22.5 Å². The number of aromatic amines is 2. The number of carbonyl (C=O) groups is 2. The number of ether oxygens (including phenoxy) is 2. The molecule has 0 aliphatic heterocycles. The van der Waals surface area contributed by atoms with Gasteiger partial charge >= 0.3 is 23.3 Å². The molecule has 0 radical (unpaired) electrons. The number of rotatable bonds is 6. The number of fused-ring (bicyclic) bond motifs is 2. The summed E-state index contributed by atoms with van der Waals surface area (Å²) < 4.78 is 11.1. The molecule has 0 saturated carbocycles. The summed E-state index contributed by atoms with van der Waals surface area (Å²) in [6.07, 6.45) is 0. The third-order valence-electron chi connectivity index (χ3n) is 3.92. The molecule has 14 nitrogen and oxygen atoms in total. The first-order valence-electron chi connectivity index (χ1n) is 8.75. The zero-order valence-electron chi connectivity index (χ0n) is 15.9. The van der Waals surface area contributed by atoms with Crippen molar-refractivity contribution >= 4 is 34.3 Å². The highest BCUT2D eigenvalue weighted by molar-refractivity contribution is 5.83. The van der Waals surface area contributed by atoms with Crippen molar-refractivity contribution in [3.05, 3.63) is 41.7 Å². The lowest BCUT2D eigenvalue weighted by Gasteiger charge is -2.11. The molecule has 3 rings (SSSR count). The summed E-state index contributed by atoms with van der Waals surface area (Å²) in [4.78, 5) is 84.5. The number of hydrogen-bond donors (Lipinski definition) is 2. The Bertz CT molecular complexity index is 1290. The van der Waals surface area contributed by atoms with Crippen LogP contribution in [-0.2, 0) is 32.2 Å². The van der Waals surface area contributed by atoms with E-state index in [-0.39, 0.29) is 24.5 Å². The van der Waals surface area contributed by atoms with Gasteiger partial charge in [0.2, 0.25) is 0 Å². The summed E-state index contributed by atoms with van der Waals surface area (Å²) in [6.45, 7) is 2.07. The summed E-state index contributed by atoms with van der Waals surface area (Å²) in [6, 6.07) is 0. The van der Waals surface area contributed by atoms with Gasteiger partial charge in [-0.1, -0.05) is 0 Å². The molecule has 14 heteroatoms. The average Bonchev–Trinajstić information content (AvgIpc) is 2.68. The van der Waals surface area contributed by atoms with Gasteiger partial charge in [0.05, 0.1) is 13.2 Å². The molecule has 0 fully saturated rings. The molecular formula is C16H16N6O8. The second kappa shape index (κ2) is 8.10. The second-order valence-corrected chi connectivity index (χ2v) is 5.87. The standard InChI is InChI=1S/C16H16N6O8/c1-3-29-7(23)5-21-11-9(13(25)19-15(21)27)18-12-10(17-11)14(26)20-16(28)22(12)6-8(24)30-4-2/h3-6H2,1-2H3,(H,19,25,27)(H,20,26,28). The molecule has 0 aliphatic rings. The van der Waals surface area contributed by atoms with Gasteiger partial charge in [-0.05, 0) is 13.8 Å². The van der Waals surface area contributed by atoms with Crippen LogP contribution in [0, 0.1) is 0 Å². The van der Waals surface area contributed by atoms with E-state index < -0.39 is 58.6 Å². The topological polar surface area (TPSA) is 188 Å². The number of nitrogens with zero attached hydrogens (tertiary/aromatic N) is 4. The maximum absolute atomic E-state index is 12.3. The molecule has 2 N–H and O–H groups in total. The van der Waals surface area contributed by atoms with Crippen LogP contribution in [0.25, 0.3) is 22.3 Å². The Kier molecular flexibility index (Phi) is 5.57. The van der Waals surface area contributed by atoms with Gasteiger partial charge in [0, 0.05) is 0 Å². The van der Waals surface area contributed by atoms with Gasteiger partial charge in [-0.3, -0.25) is 38.3 Å². The minimum atomic E-state index is -0.967. The normalized spacial score (nSPS) is 11.0. The SMILES string of the molecule is CCOC(=O)Cn1c(=O)[nH]c(=O)c2nc3c(nc21)c(=O)[nH]c(=O)n3CC(=O)OCC. The van der Waals surface area contributed by atoms with Crippen molar-refractivity contribution in [1.82, 2.24) is 29.1 Å². The van der Waals surface area contributed by atoms with E-state index in [0.29, 0.717) is 0 Å². The number of carbonyl (C=O) groups excluding carboxylic acids is 2. The maximum atomic E-state index is 12.3. The Labute approximate surface area is 165 Å². The smallest absolute Gasteiger partial charge is 0.330 e. The average molecular weight is 420 g/mol. The predicted molar refractivity (Wildman–Crippen MR) is 100 cm³/mol. The lowest BCUT2D eigenvalue weighted by atomic mass is 10.4. The van der Waals surface area contributed by atoms with Crippen molar-refractivity contribution in [2.45, 2.75) is 26.9 Å². The molecule has 0 aliphatic carbocycles. The van der Waals surface area contributed by atoms with Crippen molar-refractivity contribution < 1.29 is 19.1 Å². The number of H-pyrrole nitrogens is 2. The molecule has 0 aromatic carbocycles. The van der Waals surface area contributed by atoms with Crippen LogP contribution in [0.2, 0.25) is 0 Å². The van der Waals surface area contributed by atoms with Gasteiger partial charge in [0.1, 0.15) is 13.1 Å². The predicted octanol–water partition coefficient (Wildman–Crippen LogP) is -2.39. The Morgan fingerprint density at radius 2 is 1.13 bits per heavy atom. The molecule has 0 unspecified atom stereocenters. The highest BCUT2D eigenvalue weighted by Gasteiger charge is 2.19. The van der Waals surface area contributed by atoms with Crippen LogP contribution in [0.5, 0.6) is 0 Å². The molecule has 30 heavy (non-hydrogen) atoms. The molecule has 0 amide bonds. The van der Waals surface area contributed by atoms with Crippen LogP contribution in [0.1, 0.15) is 13.8 Å². The number of hydrogen-bond acceptors (Lipinski definition) is 10. The monoisotopic (exact) mass is 420 g/mol. The Balaban J connectivity index is 2.35. The molecular weight excluding hydrogens is 404 g/mol. The first-order chi connectivity index (χ1) is 14.3. The van der Waals surface area contributed by atoms with Gasteiger partial charge < -0.3 is 9.47 Å². The van der Waals surface area contributed by atoms with Gasteiger partial charge in [0.15, 0.2) is 22.3 Å². The van der Waals surface area contributed by atoms with E-state index in [1.807, 2.05) is 9.97 Å². The Hall–Kier alpha value is -4.10. The minimum Gasteiger partial charge on any atom is -0.465 e. The van der Waals surface area contributed by atoms with Gasteiger partial charge in [0.25, 0.3) is 11.1 Å². The summed E-state index contributed by atoms with van der Waals surface area (Å²) in [5.41, 5.74) is -5.42. The first kappa shape index (κ1) is 20.6. The maximum Gasteiger partial charge on any atom is 0.330 e. The fourth-order valence-corrected chi connectivity index (χ4v) is 2.70. The van der Waals surface area contributed by atoms with Crippen molar-refractivity contribution in [2.24, 2.45) is 0 Å². The highest BCUT2D eigenvalue weighted by atomic mass is 16.5. The van der Waals surface area contributed by atoms with Crippen LogP contribution in [0.3, 0.4) is 0 Å². The summed E-state index contributed by atoms with van der Waals surface area (Å²) in [7, 11) is 0. The molecule has 0 bridgehead atoms. The van der Waals surface area contributed by atoms with Crippen LogP contribution in [-0.4, -0.2) is 54.2 Å². The van der Waals surface area contributed by atoms with Crippen molar-refractivity contribution in [1.29, 1.82) is 0 Å². The summed E-state index contributed by atoms with van der Waals surface area (Å²) >= 11 is 0. The van der Waals surface area contributed by atoms with E-state index in [0.717, 1.165) is 9.13 Å². The summed E-state index contributed by atoms with van der Waals surface area (Å²) in [5, 5.41) is 0. The third kappa shape index (κ3) is 3.74. The Morgan fingerprint density at radius 3 is 1.47 bits per heavy atom. The van der Waals surface area contributed by atoms with E-state index in [4.69, 9.17) is 9.47 Å². The first-order valence-corrected chi connectivity index (χ1v) is 8.75. The second-order valence-electron chi connectivity index (χ2n) is 5.87. The van der Waals surface area contributed by atoms with Crippen LogP contribution >= 0.6 is 0 Å². The fourth-order valence-electron chi connectivity index (χ4n) is 2.70. The van der Waals surface area contributed by atoms with E-state index in [1.165, 1.54) is 0 Å². The third-order valence-corrected chi connectivity index (χ3v) is 3.92. The number of esters is 2. The van der Waals surface area contributed by atoms with Crippen molar-refractivity contribution in [2.75, 3.05) is 13.2 Å². The zero-order chi connectivity index (χ0) is 22.0.